The lowest BCUT2D eigenvalue weighted by atomic mass is 10.2. The van der Waals surface area contributed by atoms with E-state index in [-0.39, 0.29) is 5.91 Å². The van der Waals surface area contributed by atoms with E-state index in [1.165, 1.54) is 6.08 Å². The number of aromatic nitrogens is 1. The number of carbonyl (C=O) groups excluding carboxylic acids is 1. The maximum Gasteiger partial charge on any atom is 0.248 e. The molecule has 0 atom stereocenters. The van der Waals surface area contributed by atoms with Crippen molar-refractivity contribution < 1.29 is 13.6 Å². The van der Waals surface area contributed by atoms with Gasteiger partial charge in [0.15, 0.2) is 0 Å². The second kappa shape index (κ2) is 7.21. The maximum absolute atomic E-state index is 12.0. The maximum atomic E-state index is 12.0. The molecule has 0 spiro atoms. The van der Waals surface area contributed by atoms with Crippen LogP contribution in [0.3, 0.4) is 0 Å². The highest BCUT2D eigenvalue weighted by Gasteiger charge is 2.09. The molecule has 5 nitrogen and oxygen atoms in total. The molecule has 0 radical (unpaired) electrons. The monoisotopic (exact) mass is 336 g/mol. The molecule has 1 aromatic carbocycles. The summed E-state index contributed by atoms with van der Waals surface area (Å²) in [5, 5.41) is 2.80. The highest BCUT2D eigenvalue weighted by molar-refractivity contribution is 6.01. The first-order chi connectivity index (χ1) is 12.0. The van der Waals surface area contributed by atoms with Crippen LogP contribution in [0.4, 0.5) is 5.69 Å². The zero-order chi connectivity index (χ0) is 17.8. The number of hydrogen-bond acceptors (Lipinski definition) is 4. The second-order valence-electron chi connectivity index (χ2n) is 6.07. The van der Waals surface area contributed by atoms with Crippen LogP contribution >= 0.6 is 0 Å². The molecule has 0 aliphatic carbocycles. The first-order valence-corrected chi connectivity index (χ1v) is 8.13. The molecule has 0 unspecified atom stereocenters. The van der Waals surface area contributed by atoms with Gasteiger partial charge in [-0.05, 0) is 49.4 Å². The summed E-state index contributed by atoms with van der Waals surface area (Å²) in [5.74, 6) is 2.96. The van der Waals surface area contributed by atoms with Crippen molar-refractivity contribution in [2.45, 2.75) is 26.7 Å². The Bertz CT molecular complexity index is 886. The molecule has 128 valence electrons. The number of benzene rings is 1. The van der Waals surface area contributed by atoms with Crippen molar-refractivity contribution >= 4 is 17.7 Å². The molecule has 3 rings (SSSR count). The van der Waals surface area contributed by atoms with Crippen molar-refractivity contribution in [1.82, 2.24) is 4.98 Å². The predicted octanol–water partition coefficient (Wildman–Crippen LogP) is 5.02. The summed E-state index contributed by atoms with van der Waals surface area (Å²) >= 11 is 0. The van der Waals surface area contributed by atoms with Crippen LogP contribution in [0.5, 0.6) is 0 Å². The minimum atomic E-state index is -0.222. The SMILES string of the molecule is Cc1ccc(/C=C/C(=O)Nc2ccc(-c3ncc(C(C)C)o3)cc2)o1. The average molecular weight is 336 g/mol. The Hall–Kier alpha value is -3.08. The summed E-state index contributed by atoms with van der Waals surface area (Å²) in [6.45, 7) is 5.97. The van der Waals surface area contributed by atoms with Crippen LogP contribution in [-0.4, -0.2) is 10.9 Å². The van der Waals surface area contributed by atoms with Crippen molar-refractivity contribution in [2.24, 2.45) is 0 Å². The zero-order valence-electron chi connectivity index (χ0n) is 14.4. The standard InChI is InChI=1S/C20H20N2O3/c1-13(2)18-12-21-20(25-18)15-5-7-16(8-6-15)22-19(23)11-10-17-9-4-14(3)24-17/h4-13H,1-3H3,(H,22,23)/b11-10+. The summed E-state index contributed by atoms with van der Waals surface area (Å²) in [6.07, 6.45) is 4.82. The van der Waals surface area contributed by atoms with Crippen LogP contribution in [-0.2, 0) is 4.79 Å². The highest BCUT2D eigenvalue weighted by Crippen LogP contribution is 2.24. The minimum absolute atomic E-state index is 0.222. The number of nitrogens with zero attached hydrogens (tertiary/aromatic N) is 1. The molecule has 0 aliphatic heterocycles. The molecule has 0 fully saturated rings. The Balaban J connectivity index is 1.63. The van der Waals surface area contributed by atoms with Crippen LogP contribution < -0.4 is 5.32 Å². The van der Waals surface area contributed by atoms with E-state index in [4.69, 9.17) is 8.83 Å². The molecular weight excluding hydrogens is 316 g/mol. The fraction of sp³-hybridized carbons (Fsp3) is 0.200. The van der Waals surface area contributed by atoms with Crippen LogP contribution in [0.1, 0.15) is 37.0 Å². The van der Waals surface area contributed by atoms with Gasteiger partial charge in [0, 0.05) is 23.2 Å². The molecule has 2 aromatic heterocycles. The smallest absolute Gasteiger partial charge is 0.248 e. The van der Waals surface area contributed by atoms with Crippen LogP contribution in [0.2, 0.25) is 0 Å². The number of rotatable bonds is 5. The van der Waals surface area contributed by atoms with E-state index in [0.29, 0.717) is 23.3 Å². The van der Waals surface area contributed by atoms with Gasteiger partial charge in [-0.25, -0.2) is 4.98 Å². The van der Waals surface area contributed by atoms with Crippen LogP contribution in [0.25, 0.3) is 17.5 Å². The van der Waals surface area contributed by atoms with Gasteiger partial charge in [0.05, 0.1) is 6.20 Å². The van der Waals surface area contributed by atoms with E-state index in [1.807, 2.05) is 43.3 Å². The molecule has 2 heterocycles. The van der Waals surface area contributed by atoms with E-state index >= 15 is 0 Å². The lowest BCUT2D eigenvalue weighted by molar-refractivity contribution is -0.111. The van der Waals surface area contributed by atoms with Crippen LogP contribution in [0.15, 0.2) is 57.5 Å². The number of hydrogen-bond donors (Lipinski definition) is 1. The molecular formula is C20H20N2O3. The minimum Gasteiger partial charge on any atom is -0.462 e. The summed E-state index contributed by atoms with van der Waals surface area (Å²) in [6, 6.07) is 11.0. The summed E-state index contributed by atoms with van der Waals surface area (Å²) in [7, 11) is 0. The fourth-order valence-electron chi connectivity index (χ4n) is 2.27. The highest BCUT2D eigenvalue weighted by atomic mass is 16.4. The third-order valence-corrected chi connectivity index (χ3v) is 3.65. The predicted molar refractivity (Wildman–Crippen MR) is 97.1 cm³/mol. The number of aryl methyl sites for hydroxylation is 1. The number of carbonyl (C=O) groups is 1. The van der Waals surface area contributed by atoms with E-state index in [0.717, 1.165) is 17.1 Å². The molecule has 0 saturated heterocycles. The van der Waals surface area contributed by atoms with Gasteiger partial charge in [0.2, 0.25) is 11.8 Å². The van der Waals surface area contributed by atoms with E-state index < -0.39 is 0 Å². The van der Waals surface area contributed by atoms with Crippen LogP contribution in [0, 0.1) is 6.92 Å². The summed E-state index contributed by atoms with van der Waals surface area (Å²) in [4.78, 5) is 16.2. The van der Waals surface area contributed by atoms with Crippen molar-refractivity contribution in [3.63, 3.8) is 0 Å². The van der Waals surface area contributed by atoms with Gasteiger partial charge < -0.3 is 14.2 Å². The van der Waals surface area contributed by atoms with Gasteiger partial charge in [-0.15, -0.1) is 0 Å². The Morgan fingerprint density at radius 1 is 1.12 bits per heavy atom. The van der Waals surface area contributed by atoms with Gasteiger partial charge in [0.1, 0.15) is 17.3 Å². The van der Waals surface area contributed by atoms with Crippen molar-refractivity contribution in [1.29, 1.82) is 0 Å². The molecule has 3 aromatic rings. The number of anilines is 1. The van der Waals surface area contributed by atoms with E-state index in [2.05, 4.69) is 24.1 Å². The number of nitrogens with one attached hydrogen (secondary N) is 1. The lowest BCUT2D eigenvalue weighted by Crippen LogP contribution is -2.07. The van der Waals surface area contributed by atoms with Gasteiger partial charge >= 0.3 is 0 Å². The molecule has 25 heavy (non-hydrogen) atoms. The fourth-order valence-corrected chi connectivity index (χ4v) is 2.27. The Morgan fingerprint density at radius 2 is 1.88 bits per heavy atom. The van der Waals surface area contributed by atoms with E-state index in [9.17, 15) is 4.79 Å². The number of oxazole rings is 1. The summed E-state index contributed by atoms with van der Waals surface area (Å²) < 4.78 is 11.1. The van der Waals surface area contributed by atoms with Gasteiger partial charge in [-0.2, -0.15) is 0 Å². The zero-order valence-corrected chi connectivity index (χ0v) is 14.4. The second-order valence-corrected chi connectivity index (χ2v) is 6.07. The largest absolute Gasteiger partial charge is 0.462 e. The molecule has 1 amide bonds. The molecule has 5 heteroatoms. The number of amides is 1. The third kappa shape index (κ3) is 4.26. The topological polar surface area (TPSA) is 68.3 Å². The summed E-state index contributed by atoms with van der Waals surface area (Å²) in [5.41, 5.74) is 1.57. The molecule has 0 aliphatic rings. The van der Waals surface area contributed by atoms with Crippen molar-refractivity contribution in [2.75, 3.05) is 5.32 Å². The quantitative estimate of drug-likeness (QED) is 0.664. The Kier molecular flexibility index (Phi) is 4.84. The Morgan fingerprint density at radius 3 is 2.48 bits per heavy atom. The lowest BCUT2D eigenvalue weighted by Gasteiger charge is -2.03. The van der Waals surface area contributed by atoms with Crippen molar-refractivity contribution in [3.05, 3.63) is 66.0 Å². The van der Waals surface area contributed by atoms with Gasteiger partial charge in [-0.3, -0.25) is 4.79 Å². The normalized spacial score (nSPS) is 11.4. The first kappa shape index (κ1) is 16.8. The molecule has 1 N–H and O–H groups in total. The Labute approximate surface area is 146 Å². The first-order valence-electron chi connectivity index (χ1n) is 8.13. The molecule has 0 saturated carbocycles. The van der Waals surface area contributed by atoms with Crippen molar-refractivity contribution in [3.8, 4) is 11.5 Å². The van der Waals surface area contributed by atoms with Gasteiger partial charge in [-0.1, -0.05) is 13.8 Å². The van der Waals surface area contributed by atoms with Gasteiger partial charge in [0.25, 0.3) is 0 Å². The third-order valence-electron chi connectivity index (χ3n) is 3.65. The number of furan rings is 1. The molecule has 0 bridgehead atoms. The van der Waals surface area contributed by atoms with E-state index in [1.54, 1.807) is 12.3 Å². The average Bonchev–Trinajstić information content (AvgIpc) is 3.23.